The summed E-state index contributed by atoms with van der Waals surface area (Å²) in [6, 6.07) is 9.80. The van der Waals surface area contributed by atoms with Crippen molar-refractivity contribution in [3.8, 4) is 5.75 Å². The Morgan fingerprint density at radius 1 is 1.10 bits per heavy atom. The van der Waals surface area contributed by atoms with Crippen molar-refractivity contribution in [2.75, 3.05) is 37.4 Å². The third-order valence-electron chi connectivity index (χ3n) is 8.01. The van der Waals surface area contributed by atoms with Gasteiger partial charge in [0.1, 0.15) is 17.7 Å². The number of carbonyl (C=O) groups excluding carboxylic acids is 3. The first-order chi connectivity index (χ1) is 20.1. The number of urea groups is 2. The Balaban J connectivity index is 1.53. The Morgan fingerprint density at radius 2 is 1.79 bits per heavy atom. The minimum absolute atomic E-state index is 0.0275. The molecule has 228 valence electrons. The van der Waals surface area contributed by atoms with Crippen LogP contribution >= 0.6 is 0 Å². The smallest absolute Gasteiger partial charge is 0.321 e. The van der Waals surface area contributed by atoms with Gasteiger partial charge in [0, 0.05) is 42.5 Å². The van der Waals surface area contributed by atoms with Crippen molar-refractivity contribution in [1.82, 2.24) is 15.1 Å². The van der Waals surface area contributed by atoms with E-state index in [0.717, 1.165) is 25.7 Å². The molecule has 4 N–H and O–H groups in total. The van der Waals surface area contributed by atoms with Crippen LogP contribution in [0.1, 0.15) is 51.5 Å². The second kappa shape index (κ2) is 14.4. The molecule has 3 atom stereocenters. The molecule has 0 aromatic heterocycles. The zero-order chi connectivity index (χ0) is 30.2. The normalized spacial score (nSPS) is 20.2. The lowest BCUT2D eigenvalue weighted by atomic mass is 9.96. The Bertz CT molecular complexity index is 1240. The van der Waals surface area contributed by atoms with E-state index in [1.165, 1.54) is 35.6 Å². The van der Waals surface area contributed by atoms with Gasteiger partial charge in [-0.2, -0.15) is 0 Å². The van der Waals surface area contributed by atoms with Crippen molar-refractivity contribution >= 4 is 29.3 Å². The number of likely N-dealkylation sites (N-methyl/N-ethyl adjacent to an activating group) is 1. The molecule has 4 rings (SSSR count). The maximum Gasteiger partial charge on any atom is 0.321 e. The first-order valence-corrected chi connectivity index (χ1v) is 14.7. The average Bonchev–Trinajstić information content (AvgIpc) is 3.01. The third kappa shape index (κ3) is 8.34. The molecule has 1 saturated carbocycles. The number of benzene rings is 2. The van der Waals surface area contributed by atoms with Gasteiger partial charge in [-0.3, -0.25) is 4.79 Å². The summed E-state index contributed by atoms with van der Waals surface area (Å²) in [7, 11) is 1.64. The molecule has 2 aliphatic rings. The highest BCUT2D eigenvalue weighted by Crippen LogP contribution is 2.29. The fourth-order valence-electron chi connectivity index (χ4n) is 5.43. The van der Waals surface area contributed by atoms with Gasteiger partial charge in [-0.05, 0) is 62.2 Å². The molecule has 0 unspecified atom stereocenters. The van der Waals surface area contributed by atoms with Gasteiger partial charge in [-0.25, -0.2) is 14.0 Å². The van der Waals surface area contributed by atoms with E-state index in [2.05, 4.69) is 16.0 Å². The minimum atomic E-state index is -0.500. The first kappa shape index (κ1) is 31.1. The molecule has 0 spiro atoms. The number of fused-ring (bicyclic) bond motifs is 1. The second-order valence-corrected chi connectivity index (χ2v) is 11.5. The molecule has 5 amide bonds. The zero-order valence-electron chi connectivity index (χ0n) is 24.6. The summed E-state index contributed by atoms with van der Waals surface area (Å²) in [6.07, 6.45) is 4.87. The van der Waals surface area contributed by atoms with E-state index in [-0.39, 0.29) is 43.5 Å². The predicted octanol–water partition coefficient (Wildman–Crippen LogP) is 4.59. The van der Waals surface area contributed by atoms with Crippen LogP contribution in [0.25, 0.3) is 0 Å². The van der Waals surface area contributed by atoms with Crippen molar-refractivity contribution in [2.24, 2.45) is 5.92 Å². The topological polar surface area (TPSA) is 123 Å². The molecular weight excluding hydrogens is 541 g/mol. The molecule has 10 nitrogen and oxygen atoms in total. The monoisotopic (exact) mass is 583 g/mol. The third-order valence-corrected chi connectivity index (χ3v) is 8.01. The van der Waals surface area contributed by atoms with Crippen LogP contribution in [0.4, 0.5) is 25.4 Å². The Hall–Kier alpha value is -3.86. The van der Waals surface area contributed by atoms with Crippen LogP contribution in [0.15, 0.2) is 42.5 Å². The van der Waals surface area contributed by atoms with Crippen LogP contribution < -0.4 is 20.7 Å². The number of hydrogen-bond acceptors (Lipinski definition) is 5. The number of aliphatic hydroxyl groups excluding tert-OH is 1. The van der Waals surface area contributed by atoms with E-state index in [4.69, 9.17) is 4.74 Å². The van der Waals surface area contributed by atoms with Gasteiger partial charge in [0.25, 0.3) is 0 Å². The Kier molecular flexibility index (Phi) is 10.6. The van der Waals surface area contributed by atoms with Crippen molar-refractivity contribution in [3.05, 3.63) is 53.8 Å². The number of amides is 5. The van der Waals surface area contributed by atoms with E-state index in [1.807, 2.05) is 6.92 Å². The summed E-state index contributed by atoms with van der Waals surface area (Å²) in [4.78, 5) is 42.2. The molecule has 11 heteroatoms. The molecule has 0 radical (unpaired) electrons. The number of nitrogens with one attached hydrogen (secondary N) is 3. The molecule has 0 saturated heterocycles. The van der Waals surface area contributed by atoms with Crippen LogP contribution in [0.3, 0.4) is 0 Å². The molecule has 2 aromatic rings. The van der Waals surface area contributed by atoms with E-state index in [9.17, 15) is 23.9 Å². The van der Waals surface area contributed by atoms with Crippen molar-refractivity contribution < 1.29 is 28.6 Å². The van der Waals surface area contributed by atoms with Gasteiger partial charge in [-0.15, -0.1) is 0 Å². The maximum absolute atomic E-state index is 13.4. The van der Waals surface area contributed by atoms with Gasteiger partial charge in [-0.1, -0.05) is 26.2 Å². The molecule has 1 fully saturated rings. The van der Waals surface area contributed by atoms with E-state index >= 15 is 0 Å². The molecule has 1 heterocycles. The van der Waals surface area contributed by atoms with E-state index < -0.39 is 24.0 Å². The summed E-state index contributed by atoms with van der Waals surface area (Å²) in [5.74, 6) is -0.273. The van der Waals surface area contributed by atoms with Gasteiger partial charge in [0.2, 0.25) is 5.91 Å². The fourth-order valence-corrected chi connectivity index (χ4v) is 5.43. The predicted molar refractivity (Wildman–Crippen MR) is 159 cm³/mol. The SMILES string of the molecule is C[C@H]1CN([C@@H](C)CO)C(=O)Cc2cc(NC(=O)NC3CCCCC3)ccc2O[C@@H]1CN(C)C(=O)Nc1ccc(F)cc1. The highest BCUT2D eigenvalue weighted by Gasteiger charge is 2.32. The van der Waals surface area contributed by atoms with E-state index in [0.29, 0.717) is 29.2 Å². The van der Waals surface area contributed by atoms with Gasteiger partial charge >= 0.3 is 12.1 Å². The summed E-state index contributed by atoms with van der Waals surface area (Å²) in [6.45, 7) is 4.06. The zero-order valence-corrected chi connectivity index (χ0v) is 24.6. The minimum Gasteiger partial charge on any atom is -0.488 e. The lowest BCUT2D eigenvalue weighted by molar-refractivity contribution is -0.134. The highest BCUT2D eigenvalue weighted by molar-refractivity contribution is 5.90. The lowest BCUT2D eigenvalue weighted by Crippen LogP contribution is -2.48. The van der Waals surface area contributed by atoms with Crippen LogP contribution in [0.5, 0.6) is 5.75 Å². The van der Waals surface area contributed by atoms with Gasteiger partial charge < -0.3 is 35.6 Å². The number of halogens is 1. The summed E-state index contributed by atoms with van der Waals surface area (Å²) < 4.78 is 19.7. The quantitative estimate of drug-likeness (QED) is 0.380. The molecule has 42 heavy (non-hydrogen) atoms. The number of carbonyl (C=O) groups is 3. The molecular formula is C31H42FN5O5. The Labute approximate surface area is 246 Å². The standard InChI is InChI=1S/C31H42FN5O5/c1-20-17-37(21(2)19-38)29(39)16-22-15-26(34-30(40)33-24-7-5-4-6-8-24)13-14-27(22)42-28(20)18-36(3)31(41)35-25-11-9-23(32)10-12-25/h9-15,20-21,24,28,38H,4-8,16-19H2,1-3H3,(H,35,41)(H2,33,34,40)/t20-,21-,28+/m0/s1. The number of anilines is 2. The first-order valence-electron chi connectivity index (χ1n) is 14.7. The molecule has 1 aliphatic carbocycles. The van der Waals surface area contributed by atoms with E-state index in [1.54, 1.807) is 37.1 Å². The molecule has 0 bridgehead atoms. The van der Waals surface area contributed by atoms with Gasteiger partial charge in [0.05, 0.1) is 25.6 Å². The van der Waals surface area contributed by atoms with Crippen molar-refractivity contribution in [3.63, 3.8) is 0 Å². The number of rotatable bonds is 7. The second-order valence-electron chi connectivity index (χ2n) is 11.5. The lowest BCUT2D eigenvalue weighted by Gasteiger charge is -2.34. The van der Waals surface area contributed by atoms with Gasteiger partial charge in [0.15, 0.2) is 0 Å². The fraction of sp³-hybridized carbons (Fsp3) is 0.516. The molecule has 1 aliphatic heterocycles. The van der Waals surface area contributed by atoms with Crippen molar-refractivity contribution in [1.29, 1.82) is 0 Å². The number of hydrogen-bond donors (Lipinski definition) is 4. The number of nitrogens with zero attached hydrogens (tertiary/aromatic N) is 2. The van der Waals surface area contributed by atoms with Crippen LogP contribution in [0.2, 0.25) is 0 Å². The summed E-state index contributed by atoms with van der Waals surface area (Å²) in [5, 5.41) is 18.6. The highest BCUT2D eigenvalue weighted by atomic mass is 19.1. The average molecular weight is 584 g/mol. The largest absolute Gasteiger partial charge is 0.488 e. The van der Waals surface area contributed by atoms with Crippen LogP contribution in [0, 0.1) is 11.7 Å². The molecule has 2 aromatic carbocycles. The number of aliphatic hydroxyl groups is 1. The Morgan fingerprint density at radius 3 is 2.48 bits per heavy atom. The number of ether oxygens (including phenoxy) is 1. The summed E-state index contributed by atoms with van der Waals surface area (Å²) >= 11 is 0. The van der Waals surface area contributed by atoms with Crippen molar-refractivity contribution in [2.45, 2.75) is 70.6 Å². The van der Waals surface area contributed by atoms with Crippen LogP contribution in [-0.4, -0.2) is 77.8 Å². The maximum atomic E-state index is 13.4. The summed E-state index contributed by atoms with van der Waals surface area (Å²) in [5.41, 5.74) is 1.60. The van der Waals surface area contributed by atoms with Crippen LogP contribution in [-0.2, 0) is 11.2 Å².